The average Bonchev–Trinajstić information content (AvgIpc) is 2.35. The van der Waals surface area contributed by atoms with E-state index in [2.05, 4.69) is 5.32 Å². The van der Waals surface area contributed by atoms with E-state index in [1.54, 1.807) is 17.7 Å². The molecule has 0 saturated heterocycles. The number of aromatic nitrogens is 1. The summed E-state index contributed by atoms with van der Waals surface area (Å²) in [5.74, 6) is 0. The van der Waals surface area contributed by atoms with Crippen LogP contribution in [0.1, 0.15) is 6.92 Å². The number of pyridine rings is 1. The van der Waals surface area contributed by atoms with Crippen molar-refractivity contribution in [2.45, 2.75) is 13.0 Å². The Morgan fingerprint density at radius 1 is 1.44 bits per heavy atom. The molecule has 0 bridgehead atoms. The highest BCUT2D eigenvalue weighted by Crippen LogP contribution is 2.24. The molecule has 1 unspecified atom stereocenters. The van der Waals surface area contributed by atoms with Crippen LogP contribution < -0.4 is 16.6 Å². The Labute approximate surface area is 105 Å². The van der Waals surface area contributed by atoms with Gasteiger partial charge < -0.3 is 20.7 Å². The van der Waals surface area contributed by atoms with Crippen molar-refractivity contribution >= 4 is 22.3 Å². The van der Waals surface area contributed by atoms with E-state index in [0.717, 1.165) is 10.9 Å². The Bertz CT molecular complexity index is 634. The van der Waals surface area contributed by atoms with Crippen LogP contribution in [0.3, 0.4) is 0 Å². The predicted molar refractivity (Wildman–Crippen MR) is 73.8 cm³/mol. The molecule has 5 nitrogen and oxygen atoms in total. The van der Waals surface area contributed by atoms with Gasteiger partial charge in [0.05, 0.1) is 12.1 Å². The van der Waals surface area contributed by atoms with Crippen LogP contribution in [0.15, 0.2) is 29.1 Å². The van der Waals surface area contributed by atoms with Gasteiger partial charge in [0, 0.05) is 35.9 Å². The van der Waals surface area contributed by atoms with E-state index in [0.29, 0.717) is 11.4 Å². The van der Waals surface area contributed by atoms with Crippen LogP contribution in [-0.2, 0) is 7.05 Å². The molecule has 96 valence electrons. The molecule has 18 heavy (non-hydrogen) atoms. The van der Waals surface area contributed by atoms with Gasteiger partial charge in [-0.1, -0.05) is 0 Å². The Balaban J connectivity index is 2.68. The summed E-state index contributed by atoms with van der Waals surface area (Å²) in [5.41, 5.74) is 7.83. The summed E-state index contributed by atoms with van der Waals surface area (Å²) in [6.07, 6.45) is 0. The minimum Gasteiger partial charge on any atom is -0.399 e. The number of aliphatic hydroxyl groups excluding tert-OH is 1. The lowest BCUT2D eigenvalue weighted by Crippen LogP contribution is -2.23. The molecule has 0 aliphatic rings. The number of anilines is 2. The van der Waals surface area contributed by atoms with Gasteiger partial charge in [-0.15, -0.1) is 0 Å². The Hall–Kier alpha value is -2.01. The van der Waals surface area contributed by atoms with Crippen LogP contribution in [0.2, 0.25) is 0 Å². The van der Waals surface area contributed by atoms with E-state index in [1.807, 2.05) is 19.1 Å². The van der Waals surface area contributed by atoms with E-state index in [1.165, 1.54) is 6.07 Å². The van der Waals surface area contributed by atoms with Gasteiger partial charge in [-0.2, -0.15) is 0 Å². The molecule has 2 aromatic rings. The smallest absolute Gasteiger partial charge is 0.252 e. The van der Waals surface area contributed by atoms with Crippen molar-refractivity contribution in [2.24, 2.45) is 7.05 Å². The molecule has 1 aromatic heterocycles. The van der Waals surface area contributed by atoms with Crippen molar-refractivity contribution < 1.29 is 5.11 Å². The van der Waals surface area contributed by atoms with Crippen molar-refractivity contribution in [3.8, 4) is 0 Å². The highest BCUT2D eigenvalue weighted by Gasteiger charge is 2.09. The minimum atomic E-state index is -0.123. The number of nitrogen functional groups attached to an aromatic ring is 1. The van der Waals surface area contributed by atoms with Crippen LogP contribution in [0.4, 0.5) is 11.4 Å². The molecule has 0 amide bonds. The Morgan fingerprint density at radius 3 is 2.83 bits per heavy atom. The van der Waals surface area contributed by atoms with Crippen molar-refractivity contribution in [1.82, 2.24) is 4.57 Å². The zero-order valence-corrected chi connectivity index (χ0v) is 10.5. The van der Waals surface area contributed by atoms with Crippen LogP contribution in [0.25, 0.3) is 10.9 Å². The van der Waals surface area contributed by atoms with Gasteiger partial charge in [0.2, 0.25) is 0 Å². The maximum absolute atomic E-state index is 11.8. The largest absolute Gasteiger partial charge is 0.399 e. The van der Waals surface area contributed by atoms with Crippen molar-refractivity contribution in [3.05, 3.63) is 34.6 Å². The van der Waals surface area contributed by atoms with Crippen molar-refractivity contribution in [1.29, 1.82) is 0 Å². The fraction of sp³-hybridized carbons (Fsp3) is 0.308. The van der Waals surface area contributed by atoms with Gasteiger partial charge in [-0.05, 0) is 25.1 Å². The van der Waals surface area contributed by atoms with E-state index in [4.69, 9.17) is 10.8 Å². The molecule has 1 heterocycles. The van der Waals surface area contributed by atoms with Crippen molar-refractivity contribution in [3.63, 3.8) is 0 Å². The number of rotatable bonds is 3. The summed E-state index contributed by atoms with van der Waals surface area (Å²) in [6, 6.07) is 6.80. The second-order valence-corrected chi connectivity index (χ2v) is 4.46. The Kier molecular flexibility index (Phi) is 3.25. The summed E-state index contributed by atoms with van der Waals surface area (Å²) in [5, 5.41) is 13.1. The first-order chi connectivity index (χ1) is 8.52. The lowest BCUT2D eigenvalue weighted by molar-refractivity contribution is 0.281. The fourth-order valence-corrected chi connectivity index (χ4v) is 1.91. The number of nitrogens with zero attached hydrogens (tertiary/aromatic N) is 1. The van der Waals surface area contributed by atoms with E-state index in [9.17, 15) is 4.79 Å². The molecule has 1 atom stereocenters. The fourth-order valence-electron chi connectivity index (χ4n) is 1.91. The molecule has 0 aliphatic heterocycles. The number of hydrogen-bond acceptors (Lipinski definition) is 4. The van der Waals surface area contributed by atoms with Crippen LogP contribution in [0.5, 0.6) is 0 Å². The number of fused-ring (bicyclic) bond motifs is 1. The molecule has 0 saturated carbocycles. The first-order valence-electron chi connectivity index (χ1n) is 5.79. The van der Waals surface area contributed by atoms with Gasteiger partial charge in [-0.3, -0.25) is 4.79 Å². The zero-order valence-electron chi connectivity index (χ0n) is 10.5. The molecular weight excluding hydrogens is 230 g/mol. The van der Waals surface area contributed by atoms with Gasteiger partial charge in [0.1, 0.15) is 0 Å². The number of aliphatic hydroxyl groups is 1. The molecule has 0 aliphatic carbocycles. The molecule has 5 heteroatoms. The minimum absolute atomic E-state index is 0.000973. The van der Waals surface area contributed by atoms with E-state index in [-0.39, 0.29) is 18.2 Å². The van der Waals surface area contributed by atoms with Gasteiger partial charge in [-0.25, -0.2) is 0 Å². The molecule has 0 fully saturated rings. The standard InChI is InChI=1S/C13H17N3O2/c1-8(7-17)15-11-6-13(18)16(2)12-4-3-9(14)5-10(11)12/h3-6,8,15,17H,7,14H2,1-2H3. The topological polar surface area (TPSA) is 80.3 Å². The second kappa shape index (κ2) is 4.70. The summed E-state index contributed by atoms with van der Waals surface area (Å²) in [6.45, 7) is 1.84. The second-order valence-electron chi connectivity index (χ2n) is 4.46. The zero-order chi connectivity index (χ0) is 13.3. The lowest BCUT2D eigenvalue weighted by Gasteiger charge is -2.16. The number of aryl methyl sites for hydroxylation is 1. The maximum Gasteiger partial charge on any atom is 0.252 e. The van der Waals surface area contributed by atoms with E-state index < -0.39 is 0 Å². The van der Waals surface area contributed by atoms with Gasteiger partial charge in [0.15, 0.2) is 0 Å². The summed E-state index contributed by atoms with van der Waals surface area (Å²) in [4.78, 5) is 11.8. The average molecular weight is 247 g/mol. The summed E-state index contributed by atoms with van der Waals surface area (Å²) < 4.78 is 1.57. The van der Waals surface area contributed by atoms with Gasteiger partial charge >= 0.3 is 0 Å². The molecule has 4 N–H and O–H groups in total. The van der Waals surface area contributed by atoms with Crippen LogP contribution >= 0.6 is 0 Å². The number of nitrogens with one attached hydrogen (secondary N) is 1. The van der Waals surface area contributed by atoms with Gasteiger partial charge in [0.25, 0.3) is 5.56 Å². The third-order valence-corrected chi connectivity index (χ3v) is 2.95. The number of nitrogens with two attached hydrogens (primary N) is 1. The number of hydrogen-bond donors (Lipinski definition) is 3. The van der Waals surface area contributed by atoms with Crippen LogP contribution in [-0.4, -0.2) is 22.3 Å². The third kappa shape index (κ3) is 2.17. The highest BCUT2D eigenvalue weighted by molar-refractivity contribution is 5.93. The quantitative estimate of drug-likeness (QED) is 0.704. The normalized spacial score (nSPS) is 12.6. The van der Waals surface area contributed by atoms with E-state index >= 15 is 0 Å². The maximum atomic E-state index is 11.8. The molecule has 1 aromatic carbocycles. The molecule has 0 spiro atoms. The molecule has 0 radical (unpaired) electrons. The number of benzene rings is 1. The highest BCUT2D eigenvalue weighted by atomic mass is 16.3. The van der Waals surface area contributed by atoms with Crippen LogP contribution in [0, 0.1) is 0 Å². The SMILES string of the molecule is CC(CO)Nc1cc(=O)n(C)c2ccc(N)cc12. The van der Waals surface area contributed by atoms with Crippen molar-refractivity contribution in [2.75, 3.05) is 17.7 Å². The summed E-state index contributed by atoms with van der Waals surface area (Å²) in [7, 11) is 1.72. The first kappa shape index (κ1) is 12.4. The Morgan fingerprint density at radius 2 is 2.17 bits per heavy atom. The molecular formula is C13H17N3O2. The third-order valence-electron chi connectivity index (χ3n) is 2.95. The lowest BCUT2D eigenvalue weighted by atomic mass is 10.1. The summed E-state index contributed by atoms with van der Waals surface area (Å²) >= 11 is 0. The monoisotopic (exact) mass is 247 g/mol. The first-order valence-corrected chi connectivity index (χ1v) is 5.79. The molecule has 2 rings (SSSR count). The predicted octanol–water partition coefficient (Wildman–Crippen LogP) is 0.913.